The molecule has 2 atom stereocenters. The summed E-state index contributed by atoms with van der Waals surface area (Å²) in [4.78, 5) is 12.4. The van der Waals surface area contributed by atoms with Crippen LogP contribution in [0.3, 0.4) is 0 Å². The molecule has 1 N–H and O–H groups in total. The Kier molecular flexibility index (Phi) is 1.47. The maximum absolute atomic E-state index is 10.9. The summed E-state index contributed by atoms with van der Waals surface area (Å²) in [6.45, 7) is 0.974. The van der Waals surface area contributed by atoms with Gasteiger partial charge in [0.05, 0.1) is 19.2 Å². The predicted molar refractivity (Wildman–Crippen MR) is 33.8 cm³/mol. The zero-order valence-corrected chi connectivity index (χ0v) is 5.90. The Morgan fingerprint density at radius 2 is 2.36 bits per heavy atom. The van der Waals surface area contributed by atoms with Gasteiger partial charge in [0.25, 0.3) is 0 Å². The number of cyclic esters (lactones) is 1. The standard InChI is InChI=1S/C6H9NO4/c8-5-1-7-4(2-10-5)3-11-6(7)9/h4-5,8H,1-3H2. The highest BCUT2D eigenvalue weighted by atomic mass is 16.6. The number of morpholine rings is 1. The second-order valence-electron chi connectivity index (χ2n) is 2.67. The molecule has 0 aromatic rings. The number of rotatable bonds is 0. The number of amides is 1. The monoisotopic (exact) mass is 159 g/mol. The van der Waals surface area contributed by atoms with Gasteiger partial charge >= 0.3 is 6.09 Å². The third kappa shape index (κ3) is 1.06. The van der Waals surface area contributed by atoms with Crippen LogP contribution in [-0.4, -0.2) is 48.2 Å². The Morgan fingerprint density at radius 1 is 1.55 bits per heavy atom. The van der Waals surface area contributed by atoms with E-state index in [-0.39, 0.29) is 18.7 Å². The van der Waals surface area contributed by atoms with Gasteiger partial charge in [-0.25, -0.2) is 4.79 Å². The van der Waals surface area contributed by atoms with Crippen molar-refractivity contribution in [1.29, 1.82) is 0 Å². The van der Waals surface area contributed by atoms with Crippen LogP contribution in [0, 0.1) is 0 Å². The lowest BCUT2D eigenvalue weighted by atomic mass is 10.3. The molecule has 0 bridgehead atoms. The molecular weight excluding hydrogens is 150 g/mol. The molecule has 2 aliphatic rings. The van der Waals surface area contributed by atoms with E-state index >= 15 is 0 Å². The molecular formula is C6H9NO4. The maximum atomic E-state index is 10.9. The van der Waals surface area contributed by atoms with Crippen LogP contribution >= 0.6 is 0 Å². The van der Waals surface area contributed by atoms with Crippen LogP contribution in [0.5, 0.6) is 0 Å². The second-order valence-corrected chi connectivity index (χ2v) is 2.67. The van der Waals surface area contributed by atoms with Gasteiger partial charge in [0.2, 0.25) is 0 Å². The van der Waals surface area contributed by atoms with Gasteiger partial charge < -0.3 is 14.6 Å². The fourth-order valence-electron chi connectivity index (χ4n) is 1.29. The van der Waals surface area contributed by atoms with Crippen molar-refractivity contribution in [3.05, 3.63) is 0 Å². The largest absolute Gasteiger partial charge is 0.447 e. The number of carbonyl (C=O) groups is 1. The Balaban J connectivity index is 2.07. The molecule has 2 rings (SSSR count). The van der Waals surface area contributed by atoms with Crippen LogP contribution in [0.15, 0.2) is 0 Å². The molecule has 1 amide bonds. The predicted octanol–water partition coefficient (Wildman–Crippen LogP) is -0.844. The molecule has 0 radical (unpaired) electrons. The molecule has 0 aliphatic carbocycles. The number of ether oxygens (including phenoxy) is 2. The van der Waals surface area contributed by atoms with Crippen LogP contribution in [0.25, 0.3) is 0 Å². The van der Waals surface area contributed by atoms with Crippen LogP contribution in [0.4, 0.5) is 4.79 Å². The molecule has 2 heterocycles. The first kappa shape index (κ1) is 6.87. The Morgan fingerprint density at radius 3 is 3.18 bits per heavy atom. The van der Waals surface area contributed by atoms with Gasteiger partial charge in [0.15, 0.2) is 6.29 Å². The van der Waals surface area contributed by atoms with E-state index in [9.17, 15) is 4.79 Å². The average Bonchev–Trinajstić information content (AvgIpc) is 2.33. The van der Waals surface area contributed by atoms with Crippen LogP contribution in [0.1, 0.15) is 0 Å². The number of hydrogen-bond donors (Lipinski definition) is 1. The zero-order valence-electron chi connectivity index (χ0n) is 5.90. The lowest BCUT2D eigenvalue weighted by molar-refractivity contribution is -0.148. The topological polar surface area (TPSA) is 59.0 Å². The van der Waals surface area contributed by atoms with Crippen LogP contribution < -0.4 is 0 Å². The summed E-state index contributed by atoms with van der Waals surface area (Å²) in [5.74, 6) is 0. The van der Waals surface area contributed by atoms with Gasteiger partial charge in [-0.2, -0.15) is 0 Å². The lowest BCUT2D eigenvalue weighted by Gasteiger charge is -2.29. The fraction of sp³-hybridized carbons (Fsp3) is 0.833. The van der Waals surface area contributed by atoms with Crippen molar-refractivity contribution < 1.29 is 19.4 Å². The van der Waals surface area contributed by atoms with Gasteiger partial charge in [-0.05, 0) is 0 Å². The van der Waals surface area contributed by atoms with Crippen LogP contribution in [-0.2, 0) is 9.47 Å². The summed E-state index contributed by atoms with van der Waals surface area (Å²) >= 11 is 0. The number of hydrogen-bond acceptors (Lipinski definition) is 4. The number of aliphatic hydroxyl groups excluding tert-OH is 1. The van der Waals surface area contributed by atoms with Crippen molar-refractivity contribution in [2.45, 2.75) is 12.3 Å². The van der Waals surface area contributed by atoms with Crippen molar-refractivity contribution in [3.8, 4) is 0 Å². The molecule has 11 heavy (non-hydrogen) atoms. The third-order valence-corrected chi connectivity index (χ3v) is 1.91. The molecule has 0 spiro atoms. The summed E-state index contributed by atoms with van der Waals surface area (Å²) in [6, 6.07) is 0.00546. The highest BCUT2D eigenvalue weighted by molar-refractivity contribution is 5.70. The molecule has 5 heteroatoms. The van der Waals surface area contributed by atoms with E-state index in [1.165, 1.54) is 4.90 Å². The lowest BCUT2D eigenvalue weighted by Crippen LogP contribution is -2.48. The van der Waals surface area contributed by atoms with Gasteiger partial charge in [0.1, 0.15) is 6.61 Å². The zero-order chi connectivity index (χ0) is 7.84. The summed E-state index contributed by atoms with van der Waals surface area (Å²) in [7, 11) is 0. The normalized spacial score (nSPS) is 36.8. The van der Waals surface area contributed by atoms with E-state index < -0.39 is 6.29 Å². The highest BCUT2D eigenvalue weighted by Gasteiger charge is 2.38. The van der Waals surface area contributed by atoms with Gasteiger partial charge in [-0.1, -0.05) is 0 Å². The van der Waals surface area contributed by atoms with E-state index in [1.807, 2.05) is 0 Å². The summed E-state index contributed by atoms with van der Waals surface area (Å²) in [5.41, 5.74) is 0. The summed E-state index contributed by atoms with van der Waals surface area (Å²) in [6.07, 6.45) is -1.20. The number of carbonyl (C=O) groups excluding carboxylic acids is 1. The number of nitrogens with zero attached hydrogens (tertiary/aromatic N) is 1. The highest BCUT2D eigenvalue weighted by Crippen LogP contribution is 2.17. The maximum Gasteiger partial charge on any atom is 0.410 e. The molecule has 62 valence electrons. The average molecular weight is 159 g/mol. The Bertz CT molecular complexity index is 183. The molecule has 0 aromatic heterocycles. The minimum absolute atomic E-state index is 0.00546. The Labute approximate surface area is 63.5 Å². The SMILES string of the molecule is O=C1OCC2COC(O)CN12. The van der Waals surface area contributed by atoms with Crippen molar-refractivity contribution in [2.24, 2.45) is 0 Å². The number of fused-ring (bicyclic) bond motifs is 1. The van der Waals surface area contributed by atoms with E-state index in [0.29, 0.717) is 13.2 Å². The fourth-order valence-corrected chi connectivity index (χ4v) is 1.29. The summed E-state index contributed by atoms with van der Waals surface area (Å²) < 4.78 is 9.67. The van der Waals surface area contributed by atoms with Crippen molar-refractivity contribution in [3.63, 3.8) is 0 Å². The first-order valence-electron chi connectivity index (χ1n) is 3.50. The molecule has 2 aliphatic heterocycles. The first-order valence-corrected chi connectivity index (χ1v) is 3.50. The third-order valence-electron chi connectivity index (χ3n) is 1.91. The molecule has 0 aromatic carbocycles. The van der Waals surface area contributed by atoms with Crippen molar-refractivity contribution in [1.82, 2.24) is 4.90 Å². The minimum Gasteiger partial charge on any atom is -0.447 e. The van der Waals surface area contributed by atoms with Crippen molar-refractivity contribution in [2.75, 3.05) is 19.8 Å². The van der Waals surface area contributed by atoms with E-state index in [0.717, 1.165) is 0 Å². The molecule has 2 unspecified atom stereocenters. The van der Waals surface area contributed by atoms with E-state index in [4.69, 9.17) is 14.6 Å². The summed E-state index contributed by atoms with van der Waals surface area (Å²) in [5, 5.41) is 9.00. The molecule has 2 fully saturated rings. The van der Waals surface area contributed by atoms with Gasteiger partial charge in [0, 0.05) is 0 Å². The number of aliphatic hydroxyl groups is 1. The van der Waals surface area contributed by atoms with E-state index in [2.05, 4.69) is 0 Å². The minimum atomic E-state index is -0.850. The quantitative estimate of drug-likeness (QED) is 0.500. The van der Waals surface area contributed by atoms with Crippen molar-refractivity contribution >= 4 is 6.09 Å². The second kappa shape index (κ2) is 2.35. The Hall–Kier alpha value is -0.810. The van der Waals surface area contributed by atoms with Gasteiger partial charge in [-0.15, -0.1) is 0 Å². The first-order chi connectivity index (χ1) is 5.27. The van der Waals surface area contributed by atoms with Gasteiger partial charge in [-0.3, -0.25) is 4.90 Å². The molecule has 0 saturated carbocycles. The smallest absolute Gasteiger partial charge is 0.410 e. The van der Waals surface area contributed by atoms with Crippen LogP contribution in [0.2, 0.25) is 0 Å². The molecule has 5 nitrogen and oxygen atoms in total. The van der Waals surface area contributed by atoms with E-state index in [1.54, 1.807) is 0 Å². The molecule has 2 saturated heterocycles.